The highest BCUT2D eigenvalue weighted by Crippen LogP contribution is 2.42. The topological polar surface area (TPSA) is 0 Å². The van der Waals surface area contributed by atoms with E-state index in [9.17, 15) is 0 Å². The van der Waals surface area contributed by atoms with Crippen LogP contribution in [0.5, 0.6) is 0 Å². The zero-order chi connectivity index (χ0) is 45.2. The van der Waals surface area contributed by atoms with Crippen LogP contribution in [0.1, 0.15) is 61.1 Å². The van der Waals surface area contributed by atoms with Gasteiger partial charge in [0.15, 0.2) is 8.07 Å². The average molecular weight is 898 g/mol. The second-order valence-electron chi connectivity index (χ2n) is 25.2. The summed E-state index contributed by atoms with van der Waals surface area (Å²) in [4.78, 5) is 0. The number of hydrogen-bond donors (Lipinski definition) is 0. The summed E-state index contributed by atoms with van der Waals surface area (Å²) in [5.41, 5.74) is 14.4. The molecule has 7 heteroatoms. The third-order valence-corrected chi connectivity index (χ3v) is 33.5. The first-order valence-electron chi connectivity index (χ1n) is 22.6. The van der Waals surface area contributed by atoms with E-state index in [1.165, 1.54) is 0 Å². The van der Waals surface area contributed by atoms with Gasteiger partial charge >= 0.3 is 0 Å². The van der Waals surface area contributed by atoms with Crippen LogP contribution in [0.25, 0.3) is 0 Å². The molecule has 1 aliphatic carbocycles. The van der Waals surface area contributed by atoms with Crippen LogP contribution in [0.15, 0.2) is 40.1 Å². The van der Waals surface area contributed by atoms with E-state index in [2.05, 4.69) is 205 Å². The molecule has 0 radical (unpaired) electrons. The first-order valence-corrected chi connectivity index (χ1v) is 45.6. The Morgan fingerprint density at radius 2 is 0.569 bits per heavy atom. The van der Waals surface area contributed by atoms with Gasteiger partial charge in [-0.1, -0.05) is 224 Å². The zero-order valence-corrected chi connectivity index (χ0v) is 50.3. The SMILES string of the molecule is CC1=C(C)C(C)C([Si](c2c(C)cc([Si](C)(C)C)c(C)c2[Si](C)(C)C)(c2c(C)cc([Si](C)(C)C)c(C)c2[Si](C)(C)C)c2c(C)cc([Si](C)(C)C)c(C)c2[Si](C)(C)C)=C1C. The van der Waals surface area contributed by atoms with Gasteiger partial charge in [0, 0.05) is 0 Å². The van der Waals surface area contributed by atoms with Crippen LogP contribution < -0.4 is 46.7 Å². The lowest BCUT2D eigenvalue weighted by atomic mass is 10.1. The van der Waals surface area contributed by atoms with E-state index < -0.39 is 56.5 Å². The molecule has 0 N–H and O–H groups in total. The van der Waals surface area contributed by atoms with Gasteiger partial charge in [-0.3, -0.25) is 0 Å². The van der Waals surface area contributed by atoms with Gasteiger partial charge in [0.1, 0.15) is 0 Å². The highest BCUT2D eigenvalue weighted by molar-refractivity contribution is 7.23. The summed E-state index contributed by atoms with van der Waals surface area (Å²) in [7, 11) is -14.1. The maximum absolute atomic E-state index is 3.15. The van der Waals surface area contributed by atoms with Gasteiger partial charge in [0.25, 0.3) is 0 Å². The monoisotopic (exact) mass is 897 g/mol. The predicted molar refractivity (Wildman–Crippen MR) is 291 cm³/mol. The van der Waals surface area contributed by atoms with Crippen molar-refractivity contribution >= 4 is 103 Å². The molecule has 0 saturated carbocycles. The minimum Gasteiger partial charge on any atom is -0.0656 e. The first kappa shape index (κ1) is 49.3. The van der Waals surface area contributed by atoms with Crippen molar-refractivity contribution in [3.63, 3.8) is 0 Å². The number of benzene rings is 3. The fourth-order valence-electron chi connectivity index (χ4n) is 12.1. The Hall–Kier alpha value is -1.34. The molecule has 1 aliphatic rings. The summed E-state index contributed by atoms with van der Waals surface area (Å²) in [5, 5.41) is 17.7. The summed E-state index contributed by atoms with van der Waals surface area (Å²) in [6.07, 6.45) is 0. The van der Waals surface area contributed by atoms with Gasteiger partial charge < -0.3 is 0 Å². The Labute approximate surface area is 367 Å². The summed E-state index contributed by atoms with van der Waals surface area (Å²) >= 11 is 0. The molecule has 0 bridgehead atoms. The van der Waals surface area contributed by atoms with Crippen LogP contribution in [0.4, 0.5) is 0 Å². The molecular weight excluding hydrogens is 809 g/mol. The largest absolute Gasteiger partial charge is 0.176 e. The third-order valence-electron chi connectivity index (χ3n) is 14.2. The lowest BCUT2D eigenvalue weighted by Gasteiger charge is -2.49. The number of allylic oxidation sites excluding steroid dienone is 4. The number of rotatable bonds is 10. The maximum atomic E-state index is 2.77. The van der Waals surface area contributed by atoms with Crippen molar-refractivity contribution in [3.05, 3.63) is 73.5 Å². The molecule has 3 aromatic carbocycles. The summed E-state index contributed by atoms with van der Waals surface area (Å²) in [5.74, 6) is 0.384. The van der Waals surface area contributed by atoms with Crippen LogP contribution >= 0.6 is 0 Å². The summed E-state index contributed by atoms with van der Waals surface area (Å²) in [6, 6.07) is 8.31. The molecule has 0 saturated heterocycles. The van der Waals surface area contributed by atoms with Crippen LogP contribution in [0, 0.1) is 47.5 Å². The Morgan fingerprint density at radius 1 is 0.328 bits per heavy atom. The van der Waals surface area contributed by atoms with Gasteiger partial charge in [0.05, 0.1) is 48.4 Å². The van der Waals surface area contributed by atoms with Crippen LogP contribution in [-0.2, 0) is 0 Å². The Morgan fingerprint density at radius 3 is 0.741 bits per heavy atom. The lowest BCUT2D eigenvalue weighted by Crippen LogP contribution is -2.84. The van der Waals surface area contributed by atoms with E-state index in [1.54, 1.807) is 96.8 Å². The molecule has 0 aliphatic heterocycles. The molecular formula is C51H88Si7. The number of aryl methyl sites for hydroxylation is 3. The van der Waals surface area contributed by atoms with Gasteiger partial charge in [-0.05, 0) is 89.4 Å². The lowest BCUT2D eigenvalue weighted by molar-refractivity contribution is 0.851. The molecule has 0 amide bonds. The minimum atomic E-state index is -3.15. The standard InChI is InChI=1S/C51H88Si7/c1-32-29-42(52(11,12)13)39(8)49(55(20,21)22)45(32)58(48-37(6)35(4)36(5)38(48)7,46-33(2)30-43(53(14,15)16)40(9)50(46)56(23,24)25)47-34(3)31-44(54(17,18)19)41(10)51(47)57(26,27)28/h29-31,37H,1-28H3. The van der Waals surface area contributed by atoms with Gasteiger partial charge in [-0.15, -0.1) is 0 Å². The molecule has 4 rings (SSSR count). The summed E-state index contributed by atoms with van der Waals surface area (Å²) < 4.78 is 0. The second-order valence-corrected chi connectivity index (χ2v) is 58.8. The average Bonchev–Trinajstić information content (AvgIpc) is 3.20. The van der Waals surface area contributed by atoms with Crippen molar-refractivity contribution in [1.29, 1.82) is 0 Å². The second kappa shape index (κ2) is 15.5. The minimum absolute atomic E-state index is 0.384. The van der Waals surface area contributed by atoms with Crippen molar-refractivity contribution in [2.24, 2.45) is 5.92 Å². The molecule has 0 nitrogen and oxygen atoms in total. The van der Waals surface area contributed by atoms with E-state index in [0.29, 0.717) is 5.92 Å². The van der Waals surface area contributed by atoms with Gasteiger partial charge in [0.2, 0.25) is 0 Å². The molecule has 1 unspecified atom stereocenters. The quantitative estimate of drug-likeness (QED) is 0.141. The molecule has 0 spiro atoms. The maximum Gasteiger partial charge on any atom is 0.176 e. The molecule has 58 heavy (non-hydrogen) atoms. The van der Waals surface area contributed by atoms with E-state index >= 15 is 0 Å². The zero-order valence-electron chi connectivity index (χ0n) is 43.3. The fraction of sp³-hybridized carbons (Fsp3) is 0.569. The fourth-order valence-corrected chi connectivity index (χ4v) is 36.7. The van der Waals surface area contributed by atoms with Crippen molar-refractivity contribution in [2.45, 2.75) is 187 Å². The van der Waals surface area contributed by atoms with Crippen LogP contribution in [0.3, 0.4) is 0 Å². The third kappa shape index (κ3) is 8.19. The van der Waals surface area contributed by atoms with E-state index in [1.807, 2.05) is 5.20 Å². The molecule has 1 atom stereocenters. The van der Waals surface area contributed by atoms with Crippen molar-refractivity contribution in [3.8, 4) is 0 Å². The summed E-state index contributed by atoms with van der Waals surface area (Å²) in [6.45, 7) is 73.2. The molecule has 0 heterocycles. The highest BCUT2D eigenvalue weighted by atomic mass is 28.3. The molecule has 0 aromatic heterocycles. The van der Waals surface area contributed by atoms with Crippen molar-refractivity contribution < 1.29 is 0 Å². The Balaban J connectivity index is 2.80. The Bertz CT molecular complexity index is 2010. The van der Waals surface area contributed by atoms with Crippen molar-refractivity contribution in [1.82, 2.24) is 0 Å². The van der Waals surface area contributed by atoms with E-state index in [4.69, 9.17) is 0 Å². The van der Waals surface area contributed by atoms with Crippen molar-refractivity contribution in [2.75, 3.05) is 0 Å². The van der Waals surface area contributed by atoms with Crippen LogP contribution in [0.2, 0.25) is 118 Å². The molecule has 0 fully saturated rings. The van der Waals surface area contributed by atoms with Gasteiger partial charge in [-0.2, -0.15) is 0 Å². The normalized spacial score (nSPS) is 16.7. The predicted octanol–water partition coefficient (Wildman–Crippen LogP) is 10.1. The molecule has 320 valence electrons. The van der Waals surface area contributed by atoms with Crippen LogP contribution in [-0.4, -0.2) is 56.5 Å². The number of hydrogen-bond acceptors (Lipinski definition) is 0. The molecule has 3 aromatic rings. The van der Waals surface area contributed by atoms with E-state index in [0.717, 1.165) is 0 Å². The van der Waals surface area contributed by atoms with Gasteiger partial charge in [-0.25, -0.2) is 0 Å². The highest BCUT2D eigenvalue weighted by Gasteiger charge is 2.56. The van der Waals surface area contributed by atoms with E-state index in [-0.39, 0.29) is 0 Å². The Kier molecular flexibility index (Phi) is 13.2. The first-order chi connectivity index (χ1) is 25.8. The smallest absolute Gasteiger partial charge is 0.0656 e.